The van der Waals surface area contributed by atoms with Gasteiger partial charge in [0.15, 0.2) is 23.2 Å². The van der Waals surface area contributed by atoms with E-state index in [-0.39, 0.29) is 22.9 Å². The number of hydrogen-bond acceptors (Lipinski definition) is 3. The lowest BCUT2D eigenvalue weighted by molar-refractivity contribution is 0.385. The smallest absolute Gasteiger partial charge is 0.264 e. The number of sulfonamides is 1. The summed E-state index contributed by atoms with van der Waals surface area (Å²) in [6, 6.07) is 5.92. The van der Waals surface area contributed by atoms with Crippen LogP contribution in [-0.4, -0.2) is 22.1 Å². The van der Waals surface area contributed by atoms with E-state index in [1.54, 1.807) is 0 Å². The van der Waals surface area contributed by atoms with Crippen molar-refractivity contribution in [3.63, 3.8) is 0 Å². The number of halogens is 3. The van der Waals surface area contributed by atoms with E-state index in [2.05, 4.69) is 0 Å². The molecular weight excluding hydrogens is 331 g/mol. The molecule has 0 aromatic heterocycles. The van der Waals surface area contributed by atoms with Crippen molar-refractivity contribution in [3.8, 4) is 5.75 Å². The van der Waals surface area contributed by atoms with Gasteiger partial charge in [0.1, 0.15) is 0 Å². The van der Waals surface area contributed by atoms with E-state index < -0.39 is 27.5 Å². The third-order valence-corrected chi connectivity index (χ3v) is 5.09. The monoisotopic (exact) mass is 345 g/mol. The predicted octanol–water partition coefficient (Wildman–Crippen LogP) is 3.33. The highest BCUT2D eigenvalue weighted by Gasteiger charge is 2.25. The first-order chi connectivity index (χ1) is 10.8. The van der Waals surface area contributed by atoms with E-state index in [0.29, 0.717) is 0 Å². The van der Waals surface area contributed by atoms with Crippen molar-refractivity contribution < 1.29 is 26.3 Å². The molecule has 23 heavy (non-hydrogen) atoms. The van der Waals surface area contributed by atoms with Crippen LogP contribution in [0.1, 0.15) is 6.92 Å². The fourth-order valence-electron chi connectivity index (χ4n) is 2.07. The summed E-state index contributed by atoms with van der Waals surface area (Å²) in [5.41, 5.74) is -0.0531. The Balaban J connectivity index is 2.50. The van der Waals surface area contributed by atoms with Crippen LogP contribution in [0.15, 0.2) is 41.3 Å². The van der Waals surface area contributed by atoms with Crippen LogP contribution in [0.25, 0.3) is 0 Å². The zero-order valence-corrected chi connectivity index (χ0v) is 13.2. The molecule has 2 rings (SSSR count). The Kier molecular flexibility index (Phi) is 4.84. The Morgan fingerprint density at radius 2 is 1.70 bits per heavy atom. The highest BCUT2D eigenvalue weighted by Crippen LogP contribution is 2.27. The number of anilines is 1. The fourth-order valence-corrected chi connectivity index (χ4v) is 3.54. The molecule has 0 heterocycles. The van der Waals surface area contributed by atoms with Gasteiger partial charge in [-0.05, 0) is 37.3 Å². The summed E-state index contributed by atoms with van der Waals surface area (Å²) in [5.74, 6) is -3.19. The number of methoxy groups -OCH3 is 1. The van der Waals surface area contributed by atoms with Crippen molar-refractivity contribution in [2.24, 2.45) is 0 Å². The Labute approximate surface area is 132 Å². The van der Waals surface area contributed by atoms with Crippen LogP contribution in [0.5, 0.6) is 5.75 Å². The van der Waals surface area contributed by atoms with Crippen LogP contribution in [0.3, 0.4) is 0 Å². The molecule has 0 fully saturated rings. The van der Waals surface area contributed by atoms with Gasteiger partial charge in [-0.2, -0.15) is 0 Å². The van der Waals surface area contributed by atoms with Crippen LogP contribution in [0, 0.1) is 17.5 Å². The highest BCUT2D eigenvalue weighted by atomic mass is 32.2. The molecule has 0 spiro atoms. The first kappa shape index (κ1) is 17.1. The number of nitrogens with zero attached hydrogens (tertiary/aromatic N) is 1. The molecule has 2 aromatic carbocycles. The fraction of sp³-hybridized carbons (Fsp3) is 0.200. The SMILES string of the molecule is CCN(c1ccc(F)c(F)c1)S(=O)(=O)c1ccc(OC)c(F)c1. The summed E-state index contributed by atoms with van der Waals surface area (Å²) >= 11 is 0. The largest absolute Gasteiger partial charge is 0.494 e. The molecule has 2 aromatic rings. The van der Waals surface area contributed by atoms with Gasteiger partial charge in [-0.15, -0.1) is 0 Å². The van der Waals surface area contributed by atoms with Gasteiger partial charge < -0.3 is 4.74 Å². The van der Waals surface area contributed by atoms with E-state index in [9.17, 15) is 21.6 Å². The average Bonchev–Trinajstić information content (AvgIpc) is 2.51. The molecule has 0 aliphatic heterocycles. The predicted molar refractivity (Wildman–Crippen MR) is 79.5 cm³/mol. The van der Waals surface area contributed by atoms with Crippen LogP contribution >= 0.6 is 0 Å². The minimum absolute atomic E-state index is 0.0406. The van der Waals surface area contributed by atoms with Crippen LogP contribution in [0.4, 0.5) is 18.9 Å². The summed E-state index contributed by atoms with van der Waals surface area (Å²) in [6.45, 7) is 1.49. The summed E-state index contributed by atoms with van der Waals surface area (Å²) in [5, 5.41) is 0. The van der Waals surface area contributed by atoms with Crippen molar-refractivity contribution in [1.82, 2.24) is 0 Å². The maximum atomic E-state index is 13.8. The van der Waals surface area contributed by atoms with Crippen molar-refractivity contribution in [2.75, 3.05) is 18.0 Å². The third kappa shape index (κ3) is 3.26. The van der Waals surface area contributed by atoms with Crippen molar-refractivity contribution in [3.05, 3.63) is 53.8 Å². The second kappa shape index (κ2) is 6.49. The van der Waals surface area contributed by atoms with Crippen molar-refractivity contribution in [2.45, 2.75) is 11.8 Å². The molecule has 0 aliphatic rings. The second-order valence-electron chi connectivity index (χ2n) is 4.56. The highest BCUT2D eigenvalue weighted by molar-refractivity contribution is 7.92. The van der Waals surface area contributed by atoms with Gasteiger partial charge in [-0.25, -0.2) is 21.6 Å². The minimum atomic E-state index is -4.13. The Bertz CT molecular complexity index is 825. The van der Waals surface area contributed by atoms with E-state index >= 15 is 0 Å². The second-order valence-corrected chi connectivity index (χ2v) is 6.43. The van der Waals surface area contributed by atoms with E-state index in [1.807, 2.05) is 0 Å². The molecule has 124 valence electrons. The van der Waals surface area contributed by atoms with Crippen molar-refractivity contribution in [1.29, 1.82) is 0 Å². The van der Waals surface area contributed by atoms with Gasteiger partial charge in [-0.1, -0.05) is 0 Å². The zero-order valence-electron chi connectivity index (χ0n) is 12.4. The van der Waals surface area contributed by atoms with E-state index in [0.717, 1.165) is 28.6 Å². The molecule has 4 nitrogen and oxygen atoms in total. The number of rotatable bonds is 5. The standard InChI is InChI=1S/C15H14F3NO3S/c1-3-19(10-4-6-12(16)13(17)8-10)23(20,21)11-5-7-15(22-2)14(18)9-11/h4-9H,3H2,1-2H3. The van der Waals surface area contributed by atoms with Gasteiger partial charge >= 0.3 is 0 Å². The molecule has 8 heteroatoms. The normalized spacial score (nSPS) is 11.3. The van der Waals surface area contributed by atoms with Crippen LogP contribution < -0.4 is 9.04 Å². The number of ether oxygens (including phenoxy) is 1. The summed E-state index contributed by atoms with van der Waals surface area (Å²) in [7, 11) is -2.88. The summed E-state index contributed by atoms with van der Waals surface area (Å²) in [6.07, 6.45) is 0. The summed E-state index contributed by atoms with van der Waals surface area (Å²) in [4.78, 5) is -0.317. The molecule has 0 atom stereocenters. The maximum absolute atomic E-state index is 13.8. The number of benzene rings is 2. The first-order valence-corrected chi connectivity index (χ1v) is 8.06. The Morgan fingerprint density at radius 1 is 1.00 bits per heavy atom. The molecule has 0 radical (unpaired) electrons. The van der Waals surface area contributed by atoms with Gasteiger partial charge in [0.25, 0.3) is 10.0 Å². The van der Waals surface area contributed by atoms with E-state index in [4.69, 9.17) is 4.74 Å². The molecule has 0 N–H and O–H groups in total. The lowest BCUT2D eigenvalue weighted by Crippen LogP contribution is -2.31. The van der Waals surface area contributed by atoms with Crippen molar-refractivity contribution >= 4 is 15.7 Å². The number of hydrogen-bond donors (Lipinski definition) is 0. The minimum Gasteiger partial charge on any atom is -0.494 e. The molecule has 0 amide bonds. The lowest BCUT2D eigenvalue weighted by Gasteiger charge is -2.23. The first-order valence-electron chi connectivity index (χ1n) is 6.62. The third-order valence-electron chi connectivity index (χ3n) is 3.19. The Morgan fingerprint density at radius 3 is 2.22 bits per heavy atom. The zero-order chi connectivity index (χ0) is 17.2. The van der Waals surface area contributed by atoms with Crippen LogP contribution in [0.2, 0.25) is 0 Å². The van der Waals surface area contributed by atoms with Crippen LogP contribution in [-0.2, 0) is 10.0 Å². The molecule has 0 bridgehead atoms. The lowest BCUT2D eigenvalue weighted by atomic mass is 10.3. The molecule has 0 unspecified atom stereocenters. The molecule has 0 saturated carbocycles. The van der Waals surface area contributed by atoms with Gasteiger partial charge in [-0.3, -0.25) is 4.31 Å². The van der Waals surface area contributed by atoms with Gasteiger partial charge in [0.05, 0.1) is 17.7 Å². The Hall–Kier alpha value is -2.22. The van der Waals surface area contributed by atoms with Gasteiger partial charge in [0.2, 0.25) is 0 Å². The topological polar surface area (TPSA) is 46.6 Å². The quantitative estimate of drug-likeness (QED) is 0.835. The average molecular weight is 345 g/mol. The maximum Gasteiger partial charge on any atom is 0.264 e. The summed E-state index contributed by atoms with van der Waals surface area (Å²) < 4.78 is 70.9. The van der Waals surface area contributed by atoms with Gasteiger partial charge in [0, 0.05) is 12.6 Å². The molecule has 0 saturated heterocycles. The molecule has 0 aliphatic carbocycles. The van der Waals surface area contributed by atoms with E-state index in [1.165, 1.54) is 26.2 Å². The molecular formula is C15H14F3NO3S.